The summed E-state index contributed by atoms with van der Waals surface area (Å²) in [5.41, 5.74) is 1.11. The van der Waals surface area contributed by atoms with Gasteiger partial charge in [-0.2, -0.15) is 0 Å². The van der Waals surface area contributed by atoms with Crippen molar-refractivity contribution in [3.8, 4) is 0 Å². The summed E-state index contributed by atoms with van der Waals surface area (Å²) in [6.45, 7) is -0.167. The first-order valence-corrected chi connectivity index (χ1v) is 13.1. The first kappa shape index (κ1) is 22.4. The van der Waals surface area contributed by atoms with Crippen molar-refractivity contribution in [2.45, 2.75) is 10.1 Å². The van der Waals surface area contributed by atoms with Gasteiger partial charge < -0.3 is 0 Å². The number of nitrogens with zero attached hydrogens (tertiary/aromatic N) is 3. The SMILES string of the molecule is O=C(CN1C(=O)/C(=C/c2cccs2)SC1=S)Nc1nnc(SCc2ccc(Cl)cc2)s1. The van der Waals surface area contributed by atoms with Crippen molar-refractivity contribution < 1.29 is 9.59 Å². The van der Waals surface area contributed by atoms with E-state index in [1.807, 2.05) is 41.8 Å². The number of thiocarbonyl (C=S) groups is 1. The highest BCUT2D eigenvalue weighted by molar-refractivity contribution is 8.26. The maximum Gasteiger partial charge on any atom is 0.266 e. The van der Waals surface area contributed by atoms with Gasteiger partial charge in [0.05, 0.1) is 4.91 Å². The number of rotatable bonds is 7. The molecule has 0 spiro atoms. The number of anilines is 1. The summed E-state index contributed by atoms with van der Waals surface area (Å²) >= 11 is 16.7. The highest BCUT2D eigenvalue weighted by atomic mass is 35.5. The van der Waals surface area contributed by atoms with Crippen LogP contribution in [-0.4, -0.2) is 37.8 Å². The first-order chi connectivity index (χ1) is 15.0. The zero-order valence-electron chi connectivity index (χ0n) is 15.6. The molecule has 0 bridgehead atoms. The van der Waals surface area contributed by atoms with Gasteiger partial charge in [-0.15, -0.1) is 21.5 Å². The first-order valence-electron chi connectivity index (χ1n) is 8.77. The highest BCUT2D eigenvalue weighted by Crippen LogP contribution is 2.33. The Hall–Kier alpha value is -1.76. The number of benzene rings is 1. The summed E-state index contributed by atoms with van der Waals surface area (Å²) in [5, 5.41) is 13.8. The van der Waals surface area contributed by atoms with E-state index < -0.39 is 0 Å². The second-order valence-electron chi connectivity index (χ2n) is 6.12. The second kappa shape index (κ2) is 10.2. The van der Waals surface area contributed by atoms with Crippen molar-refractivity contribution in [2.75, 3.05) is 11.9 Å². The van der Waals surface area contributed by atoms with Crippen molar-refractivity contribution in [1.82, 2.24) is 15.1 Å². The molecule has 12 heteroatoms. The molecule has 1 aliphatic heterocycles. The largest absolute Gasteiger partial charge is 0.299 e. The Bertz CT molecular complexity index is 1140. The molecule has 2 aromatic heterocycles. The maximum atomic E-state index is 12.6. The molecule has 1 N–H and O–H groups in total. The summed E-state index contributed by atoms with van der Waals surface area (Å²) in [5.74, 6) is 0.0708. The lowest BCUT2D eigenvalue weighted by Crippen LogP contribution is -2.36. The van der Waals surface area contributed by atoms with E-state index in [0.29, 0.717) is 25.1 Å². The molecular formula is C19H13ClN4O2S5. The number of halogens is 1. The van der Waals surface area contributed by atoms with Crippen LogP contribution in [0.5, 0.6) is 0 Å². The molecule has 0 radical (unpaired) electrons. The average Bonchev–Trinajstić information content (AvgIpc) is 3.47. The fourth-order valence-corrected chi connectivity index (χ4v) is 6.31. The predicted molar refractivity (Wildman–Crippen MR) is 134 cm³/mol. The number of nitrogens with one attached hydrogen (secondary N) is 1. The zero-order valence-corrected chi connectivity index (χ0v) is 20.4. The number of amides is 2. The molecule has 1 aliphatic rings. The summed E-state index contributed by atoms with van der Waals surface area (Å²) in [4.78, 5) is 27.8. The normalized spacial score (nSPS) is 15.1. The van der Waals surface area contributed by atoms with Gasteiger partial charge in [0.2, 0.25) is 11.0 Å². The van der Waals surface area contributed by atoms with Gasteiger partial charge in [-0.3, -0.25) is 19.8 Å². The predicted octanol–water partition coefficient (Wildman–Crippen LogP) is 5.39. The van der Waals surface area contributed by atoms with E-state index in [2.05, 4.69) is 15.5 Å². The van der Waals surface area contributed by atoms with Crippen LogP contribution in [0.1, 0.15) is 10.4 Å². The number of hydrogen-bond donors (Lipinski definition) is 1. The Kier molecular flexibility index (Phi) is 7.41. The van der Waals surface area contributed by atoms with Crippen molar-refractivity contribution >= 4 is 97.4 Å². The fourth-order valence-electron chi connectivity index (χ4n) is 2.49. The van der Waals surface area contributed by atoms with Gasteiger partial charge in [0.1, 0.15) is 10.9 Å². The van der Waals surface area contributed by atoms with Crippen LogP contribution in [0.2, 0.25) is 5.02 Å². The topological polar surface area (TPSA) is 75.2 Å². The van der Waals surface area contributed by atoms with E-state index in [-0.39, 0.29) is 18.4 Å². The molecule has 4 rings (SSSR count). The van der Waals surface area contributed by atoms with Crippen LogP contribution in [0, 0.1) is 0 Å². The lowest BCUT2D eigenvalue weighted by Gasteiger charge is -2.13. The third-order valence-corrected chi connectivity index (χ3v) is 8.41. The van der Waals surface area contributed by atoms with E-state index in [1.165, 1.54) is 51.1 Å². The van der Waals surface area contributed by atoms with Crippen molar-refractivity contribution in [1.29, 1.82) is 0 Å². The number of aromatic nitrogens is 2. The van der Waals surface area contributed by atoms with E-state index in [9.17, 15) is 9.59 Å². The minimum absolute atomic E-state index is 0.167. The van der Waals surface area contributed by atoms with Gasteiger partial charge in [0.25, 0.3) is 5.91 Å². The number of carbonyl (C=O) groups excluding carboxylic acids is 2. The molecule has 2 amide bonds. The molecule has 1 fully saturated rings. The molecule has 0 unspecified atom stereocenters. The third kappa shape index (κ3) is 5.93. The van der Waals surface area contributed by atoms with Crippen LogP contribution in [0.15, 0.2) is 51.0 Å². The van der Waals surface area contributed by atoms with Crippen LogP contribution in [0.4, 0.5) is 5.13 Å². The van der Waals surface area contributed by atoms with Crippen molar-refractivity contribution in [3.63, 3.8) is 0 Å². The average molecular weight is 525 g/mol. The van der Waals surface area contributed by atoms with Gasteiger partial charge in [0, 0.05) is 15.7 Å². The minimum Gasteiger partial charge on any atom is -0.299 e. The maximum absolute atomic E-state index is 12.6. The Morgan fingerprint density at radius 3 is 2.81 bits per heavy atom. The zero-order chi connectivity index (χ0) is 21.8. The van der Waals surface area contributed by atoms with Gasteiger partial charge in [-0.1, -0.05) is 76.9 Å². The fraction of sp³-hybridized carbons (Fsp3) is 0.105. The third-order valence-electron chi connectivity index (χ3n) is 3.92. The van der Waals surface area contributed by atoms with Crippen LogP contribution < -0.4 is 5.32 Å². The Labute approximate surface area is 205 Å². The monoisotopic (exact) mass is 524 g/mol. The van der Waals surface area contributed by atoms with Crippen LogP contribution in [0.3, 0.4) is 0 Å². The summed E-state index contributed by atoms with van der Waals surface area (Å²) < 4.78 is 1.09. The molecule has 0 saturated carbocycles. The van der Waals surface area contributed by atoms with Crippen LogP contribution >= 0.6 is 70.0 Å². The lowest BCUT2D eigenvalue weighted by molar-refractivity contribution is -0.126. The summed E-state index contributed by atoms with van der Waals surface area (Å²) in [6, 6.07) is 11.4. The number of carbonyl (C=O) groups is 2. The molecule has 1 aromatic carbocycles. The molecular weight excluding hydrogens is 512 g/mol. The van der Waals surface area contributed by atoms with E-state index in [4.69, 9.17) is 23.8 Å². The van der Waals surface area contributed by atoms with E-state index >= 15 is 0 Å². The number of thioether (sulfide) groups is 2. The van der Waals surface area contributed by atoms with Gasteiger partial charge >= 0.3 is 0 Å². The quantitative estimate of drug-likeness (QED) is 0.192. The van der Waals surface area contributed by atoms with Gasteiger partial charge in [0.15, 0.2) is 4.34 Å². The minimum atomic E-state index is -0.376. The molecule has 0 atom stereocenters. The van der Waals surface area contributed by atoms with Crippen molar-refractivity contribution in [3.05, 3.63) is 62.1 Å². The summed E-state index contributed by atoms with van der Waals surface area (Å²) in [7, 11) is 0. The standard InChI is InChI=1S/C19H13ClN4O2S5/c20-12-5-3-11(4-6-12)10-29-18-23-22-17(31-18)21-15(25)9-24-16(26)14(30-19(24)27)8-13-2-1-7-28-13/h1-8H,9-10H2,(H,21,22,25)/b14-8-. The van der Waals surface area contributed by atoms with Gasteiger partial charge in [-0.05, 0) is 35.2 Å². The number of hydrogen-bond acceptors (Lipinski definition) is 9. The number of thiophene rings is 1. The van der Waals surface area contributed by atoms with Gasteiger partial charge in [-0.25, -0.2) is 0 Å². The Morgan fingerprint density at radius 1 is 1.26 bits per heavy atom. The molecule has 1 saturated heterocycles. The van der Waals surface area contributed by atoms with Crippen LogP contribution in [-0.2, 0) is 15.3 Å². The molecule has 6 nitrogen and oxygen atoms in total. The van der Waals surface area contributed by atoms with E-state index in [0.717, 1.165) is 14.8 Å². The Balaban J connectivity index is 1.31. The molecule has 3 heterocycles. The van der Waals surface area contributed by atoms with E-state index in [1.54, 1.807) is 6.08 Å². The molecule has 31 heavy (non-hydrogen) atoms. The smallest absolute Gasteiger partial charge is 0.266 e. The van der Waals surface area contributed by atoms with Crippen molar-refractivity contribution in [2.24, 2.45) is 0 Å². The van der Waals surface area contributed by atoms with Crippen LogP contribution in [0.25, 0.3) is 6.08 Å². The molecule has 3 aromatic rings. The molecule has 0 aliphatic carbocycles. The lowest BCUT2D eigenvalue weighted by atomic mass is 10.2. The Morgan fingerprint density at radius 2 is 2.06 bits per heavy atom. The second-order valence-corrected chi connectivity index (χ2v) is 11.4. The molecule has 158 valence electrons. The highest BCUT2D eigenvalue weighted by Gasteiger charge is 2.33. The summed E-state index contributed by atoms with van der Waals surface area (Å²) in [6.07, 6.45) is 1.79.